The molecule has 0 bridgehead atoms. The van der Waals surface area contributed by atoms with Gasteiger partial charge in [0.1, 0.15) is 0 Å². The normalized spacial score (nSPS) is 10.1. The predicted octanol–water partition coefficient (Wildman–Crippen LogP) is 2.01. The minimum Gasteiger partial charge on any atom is -0.493 e. The van der Waals surface area contributed by atoms with Crippen molar-refractivity contribution in [3.05, 3.63) is 23.8 Å². The summed E-state index contributed by atoms with van der Waals surface area (Å²) in [5.41, 5.74) is 1.03. The molecule has 0 aliphatic heterocycles. The molecule has 5 nitrogen and oxygen atoms in total. The molecule has 0 radical (unpaired) electrons. The number of ether oxygens (including phenoxy) is 2. The van der Waals surface area contributed by atoms with Crippen molar-refractivity contribution in [1.82, 2.24) is 10.6 Å². The smallest absolute Gasteiger partial charge is 0.192 e. The first-order valence-corrected chi connectivity index (χ1v) is 6.41. The van der Waals surface area contributed by atoms with Gasteiger partial charge in [0.05, 0.1) is 27.3 Å². The third-order valence-electron chi connectivity index (χ3n) is 2.57. The van der Waals surface area contributed by atoms with Gasteiger partial charge in [-0.3, -0.25) is 0 Å². The van der Waals surface area contributed by atoms with Crippen LogP contribution in [-0.4, -0.2) is 33.3 Å². The number of nitrogens with one attached hydrogen (secondary N) is 2. The molecule has 0 amide bonds. The lowest BCUT2D eigenvalue weighted by molar-refractivity contribution is 0.354. The summed E-state index contributed by atoms with van der Waals surface area (Å²) in [5, 5.41) is 6.16. The number of benzene rings is 1. The lowest BCUT2D eigenvalue weighted by Crippen LogP contribution is -2.37. The van der Waals surface area contributed by atoms with Gasteiger partial charge in [0.15, 0.2) is 17.5 Å². The van der Waals surface area contributed by atoms with Crippen molar-refractivity contribution in [2.45, 2.75) is 13.5 Å². The summed E-state index contributed by atoms with van der Waals surface area (Å²) in [6.07, 6.45) is 5.22. The highest BCUT2D eigenvalue weighted by Crippen LogP contribution is 2.27. The van der Waals surface area contributed by atoms with Crippen LogP contribution in [0, 0.1) is 12.3 Å². The van der Waals surface area contributed by atoms with Crippen molar-refractivity contribution in [1.29, 1.82) is 0 Å². The first kappa shape index (κ1) is 19.4. The average molecular weight is 403 g/mol. The number of hydrogen-bond donors (Lipinski definition) is 2. The van der Waals surface area contributed by atoms with E-state index < -0.39 is 0 Å². The van der Waals surface area contributed by atoms with Crippen LogP contribution < -0.4 is 20.1 Å². The van der Waals surface area contributed by atoms with Gasteiger partial charge < -0.3 is 20.1 Å². The molecule has 0 saturated heterocycles. The molecule has 0 atom stereocenters. The van der Waals surface area contributed by atoms with Crippen LogP contribution in [0.3, 0.4) is 0 Å². The van der Waals surface area contributed by atoms with E-state index in [9.17, 15) is 0 Å². The second-order valence-corrected chi connectivity index (χ2v) is 3.94. The van der Waals surface area contributed by atoms with Crippen LogP contribution in [-0.2, 0) is 6.54 Å². The molecule has 1 aromatic carbocycles. The molecule has 0 saturated carbocycles. The second-order valence-electron chi connectivity index (χ2n) is 3.94. The van der Waals surface area contributed by atoms with Crippen LogP contribution in [0.1, 0.15) is 12.5 Å². The van der Waals surface area contributed by atoms with Crippen molar-refractivity contribution in [3.63, 3.8) is 0 Å². The highest BCUT2D eigenvalue weighted by atomic mass is 127. The molecule has 1 rings (SSSR count). The number of hydrogen-bond acceptors (Lipinski definition) is 3. The zero-order valence-electron chi connectivity index (χ0n) is 12.6. The van der Waals surface area contributed by atoms with Crippen molar-refractivity contribution < 1.29 is 9.47 Å². The lowest BCUT2D eigenvalue weighted by Gasteiger charge is -2.10. The van der Waals surface area contributed by atoms with E-state index in [1.54, 1.807) is 14.2 Å². The Bertz CT molecular complexity index is 498. The molecule has 0 aliphatic rings. The third-order valence-corrected chi connectivity index (χ3v) is 2.57. The molecule has 21 heavy (non-hydrogen) atoms. The number of halogens is 1. The van der Waals surface area contributed by atoms with E-state index >= 15 is 0 Å². The van der Waals surface area contributed by atoms with E-state index in [4.69, 9.17) is 15.9 Å². The third kappa shape index (κ3) is 6.58. The first-order chi connectivity index (χ1) is 9.74. The van der Waals surface area contributed by atoms with Crippen molar-refractivity contribution in [2.24, 2.45) is 4.99 Å². The number of rotatable bonds is 6. The minimum atomic E-state index is 0. The Morgan fingerprint density at radius 3 is 2.52 bits per heavy atom. The summed E-state index contributed by atoms with van der Waals surface area (Å²) in [7, 11) is 3.23. The van der Waals surface area contributed by atoms with Crippen LogP contribution in [0.2, 0.25) is 0 Å². The zero-order chi connectivity index (χ0) is 14.8. The Labute approximate surface area is 143 Å². The molecule has 0 spiro atoms. The van der Waals surface area contributed by atoms with E-state index in [2.05, 4.69) is 21.5 Å². The summed E-state index contributed by atoms with van der Waals surface area (Å²) < 4.78 is 10.5. The van der Waals surface area contributed by atoms with Gasteiger partial charge >= 0.3 is 0 Å². The van der Waals surface area contributed by atoms with E-state index in [-0.39, 0.29) is 24.0 Å². The summed E-state index contributed by atoms with van der Waals surface area (Å²) >= 11 is 0. The quantitative estimate of drug-likeness (QED) is 0.330. The molecular formula is C15H22IN3O2. The summed E-state index contributed by atoms with van der Waals surface area (Å²) in [5.74, 6) is 4.62. The van der Waals surface area contributed by atoms with Gasteiger partial charge in [0.2, 0.25) is 0 Å². The van der Waals surface area contributed by atoms with E-state index in [0.717, 1.165) is 12.1 Å². The van der Waals surface area contributed by atoms with Gasteiger partial charge in [0, 0.05) is 6.54 Å². The van der Waals surface area contributed by atoms with Crippen molar-refractivity contribution in [2.75, 3.05) is 27.3 Å². The number of nitrogens with zero attached hydrogens (tertiary/aromatic N) is 1. The number of methoxy groups -OCH3 is 2. The van der Waals surface area contributed by atoms with Crippen LogP contribution in [0.4, 0.5) is 0 Å². The average Bonchev–Trinajstić information content (AvgIpc) is 2.49. The molecule has 1 aromatic rings. The second kappa shape index (κ2) is 11.1. The number of aliphatic imine (C=N–C) groups is 1. The fourth-order valence-corrected chi connectivity index (χ4v) is 1.63. The lowest BCUT2D eigenvalue weighted by atomic mass is 10.2. The molecule has 0 unspecified atom stereocenters. The highest BCUT2D eigenvalue weighted by molar-refractivity contribution is 14.0. The topological polar surface area (TPSA) is 54.9 Å². The van der Waals surface area contributed by atoms with Gasteiger partial charge in [-0.15, -0.1) is 30.4 Å². The fraction of sp³-hybridized carbons (Fsp3) is 0.400. The Balaban J connectivity index is 0.00000400. The van der Waals surface area contributed by atoms with Crippen molar-refractivity contribution in [3.8, 4) is 23.8 Å². The highest BCUT2D eigenvalue weighted by Gasteiger charge is 2.04. The van der Waals surface area contributed by atoms with E-state index in [1.165, 1.54) is 0 Å². The molecular weight excluding hydrogens is 381 g/mol. The molecule has 0 fully saturated rings. The van der Waals surface area contributed by atoms with E-state index in [1.807, 2.05) is 25.1 Å². The predicted molar refractivity (Wildman–Crippen MR) is 96.6 cm³/mol. The molecule has 0 heterocycles. The standard InChI is InChI=1S/C15H21N3O2.HI/c1-5-9-17-15(16-6-2)18-11-12-7-8-13(19-3)14(10-12)20-4;/h1,7-8,10H,6,9,11H2,2-4H3,(H2,16,17,18);1H. The number of guanidine groups is 1. The van der Waals surface area contributed by atoms with Gasteiger partial charge in [-0.05, 0) is 24.6 Å². The fourth-order valence-electron chi connectivity index (χ4n) is 1.63. The van der Waals surface area contributed by atoms with Gasteiger partial charge in [-0.1, -0.05) is 12.0 Å². The Hall–Kier alpha value is -1.62. The molecule has 0 aliphatic carbocycles. The van der Waals surface area contributed by atoms with E-state index in [0.29, 0.717) is 30.5 Å². The largest absolute Gasteiger partial charge is 0.493 e. The van der Waals surface area contributed by atoms with Gasteiger partial charge in [-0.25, -0.2) is 4.99 Å². The number of terminal acetylenes is 1. The monoisotopic (exact) mass is 403 g/mol. The van der Waals surface area contributed by atoms with Crippen LogP contribution in [0.25, 0.3) is 0 Å². The van der Waals surface area contributed by atoms with Crippen LogP contribution in [0.5, 0.6) is 11.5 Å². The maximum absolute atomic E-state index is 5.26. The van der Waals surface area contributed by atoms with Crippen LogP contribution in [0.15, 0.2) is 23.2 Å². The molecule has 2 N–H and O–H groups in total. The SMILES string of the molecule is C#CCNC(=NCc1ccc(OC)c(OC)c1)NCC.I. The van der Waals surface area contributed by atoms with Gasteiger partial charge in [0.25, 0.3) is 0 Å². The first-order valence-electron chi connectivity index (χ1n) is 6.41. The van der Waals surface area contributed by atoms with Crippen molar-refractivity contribution >= 4 is 29.9 Å². The molecule has 0 aromatic heterocycles. The maximum Gasteiger partial charge on any atom is 0.192 e. The Morgan fingerprint density at radius 2 is 1.95 bits per heavy atom. The summed E-state index contributed by atoms with van der Waals surface area (Å²) in [6.45, 7) is 3.75. The molecule has 116 valence electrons. The molecule has 6 heteroatoms. The zero-order valence-corrected chi connectivity index (χ0v) is 14.9. The Morgan fingerprint density at radius 1 is 1.24 bits per heavy atom. The summed E-state index contributed by atoms with van der Waals surface area (Å²) in [6, 6.07) is 5.73. The van der Waals surface area contributed by atoms with Gasteiger partial charge in [-0.2, -0.15) is 0 Å². The summed E-state index contributed by atoms with van der Waals surface area (Å²) in [4.78, 5) is 4.45. The Kier molecular flexibility index (Phi) is 10.2. The minimum absolute atomic E-state index is 0. The maximum atomic E-state index is 5.26. The van der Waals surface area contributed by atoms with Crippen LogP contribution >= 0.6 is 24.0 Å².